The number of H-pyrrole nitrogens is 1. The van der Waals surface area contributed by atoms with Gasteiger partial charge >= 0.3 is 11.9 Å². The van der Waals surface area contributed by atoms with Crippen LogP contribution in [0.3, 0.4) is 0 Å². The molecule has 156 valence electrons. The number of amides is 1. The Kier molecular flexibility index (Phi) is 7.20. The average molecular weight is 447 g/mol. The van der Waals surface area contributed by atoms with Gasteiger partial charge in [0.25, 0.3) is 0 Å². The number of benzene rings is 1. The summed E-state index contributed by atoms with van der Waals surface area (Å²) in [6.45, 7) is 0. The summed E-state index contributed by atoms with van der Waals surface area (Å²) in [5, 5.41) is 12.1. The van der Waals surface area contributed by atoms with Crippen LogP contribution in [0, 0.1) is 0 Å². The molecule has 0 unspecified atom stereocenters. The highest BCUT2D eigenvalue weighted by Gasteiger charge is 2.15. The number of ether oxygens (including phenoxy) is 2. The van der Waals surface area contributed by atoms with Gasteiger partial charge in [0.1, 0.15) is 5.82 Å². The fraction of sp³-hybridized carbons (Fsp3) is 0.211. The van der Waals surface area contributed by atoms with Crippen molar-refractivity contribution in [3.05, 3.63) is 57.5 Å². The van der Waals surface area contributed by atoms with E-state index in [1.807, 2.05) is 17.5 Å². The molecule has 0 fully saturated rings. The number of carbonyl (C=O) groups is 3. The number of thiophene rings is 1. The quantitative estimate of drug-likeness (QED) is 0.400. The van der Waals surface area contributed by atoms with Gasteiger partial charge < -0.3 is 14.8 Å². The number of anilines is 1. The number of esters is 2. The van der Waals surface area contributed by atoms with Crippen molar-refractivity contribution in [1.82, 2.24) is 15.2 Å². The Morgan fingerprint density at radius 3 is 2.43 bits per heavy atom. The molecule has 9 nitrogen and oxygen atoms in total. The van der Waals surface area contributed by atoms with Gasteiger partial charge in [-0.05, 0) is 29.6 Å². The highest BCUT2D eigenvalue weighted by Crippen LogP contribution is 2.19. The first-order valence-corrected chi connectivity index (χ1v) is 10.5. The summed E-state index contributed by atoms with van der Waals surface area (Å²) in [5.41, 5.74) is 0.517. The van der Waals surface area contributed by atoms with Crippen LogP contribution < -0.4 is 5.32 Å². The molecule has 0 aliphatic carbocycles. The van der Waals surface area contributed by atoms with Crippen LogP contribution in [0.15, 0.2) is 40.9 Å². The van der Waals surface area contributed by atoms with Gasteiger partial charge in [-0.15, -0.1) is 16.4 Å². The van der Waals surface area contributed by atoms with E-state index in [2.05, 4.69) is 30.0 Å². The third-order valence-electron chi connectivity index (χ3n) is 3.82. The fourth-order valence-electron chi connectivity index (χ4n) is 2.50. The van der Waals surface area contributed by atoms with E-state index < -0.39 is 11.9 Å². The van der Waals surface area contributed by atoms with Crippen molar-refractivity contribution < 1.29 is 23.9 Å². The molecule has 3 aromatic rings. The van der Waals surface area contributed by atoms with E-state index in [0.29, 0.717) is 17.4 Å². The van der Waals surface area contributed by atoms with Crippen molar-refractivity contribution in [3.63, 3.8) is 0 Å². The summed E-state index contributed by atoms with van der Waals surface area (Å²) in [5.74, 6) is -0.850. The number of thioether (sulfide) groups is 1. The monoisotopic (exact) mass is 446 g/mol. The molecule has 2 heterocycles. The van der Waals surface area contributed by atoms with Crippen molar-refractivity contribution in [3.8, 4) is 0 Å². The second-order valence-corrected chi connectivity index (χ2v) is 7.91. The summed E-state index contributed by atoms with van der Waals surface area (Å²) in [7, 11) is 2.46. The summed E-state index contributed by atoms with van der Waals surface area (Å²) in [4.78, 5) is 41.5. The maximum absolute atomic E-state index is 12.3. The van der Waals surface area contributed by atoms with Crippen LogP contribution in [0.25, 0.3) is 0 Å². The molecule has 0 saturated heterocycles. The van der Waals surface area contributed by atoms with E-state index in [1.54, 1.807) is 11.3 Å². The molecule has 2 N–H and O–H groups in total. The predicted octanol–water partition coefficient (Wildman–Crippen LogP) is 2.76. The Bertz CT molecular complexity index is 1010. The lowest BCUT2D eigenvalue weighted by atomic mass is 10.1. The normalized spacial score (nSPS) is 10.5. The van der Waals surface area contributed by atoms with Crippen LogP contribution in [0.2, 0.25) is 0 Å². The van der Waals surface area contributed by atoms with Gasteiger partial charge in [-0.25, -0.2) is 14.6 Å². The van der Waals surface area contributed by atoms with Crippen LogP contribution in [0.4, 0.5) is 5.69 Å². The Balaban J connectivity index is 1.62. The number of aromatic amines is 1. The standard InChI is InChI=1S/C19H18N4O5S2/c1-27-17(25)11-6-12(18(26)28-2)8-13(7-11)20-16(24)10-30-19-21-15(22-23-19)9-14-4-3-5-29-14/h3-8H,9-10H2,1-2H3,(H,20,24)(H,21,22,23). The molecule has 0 spiro atoms. The summed E-state index contributed by atoms with van der Waals surface area (Å²) >= 11 is 2.80. The van der Waals surface area contributed by atoms with Crippen LogP contribution in [-0.2, 0) is 20.7 Å². The van der Waals surface area contributed by atoms with Crippen molar-refractivity contribution in [2.45, 2.75) is 11.6 Å². The van der Waals surface area contributed by atoms with E-state index in [9.17, 15) is 14.4 Å². The van der Waals surface area contributed by atoms with Gasteiger partial charge in [0.15, 0.2) is 0 Å². The number of rotatable bonds is 8. The summed E-state index contributed by atoms with van der Waals surface area (Å²) in [6.07, 6.45) is 0.647. The highest BCUT2D eigenvalue weighted by molar-refractivity contribution is 7.99. The number of hydrogen-bond acceptors (Lipinski definition) is 9. The molecular formula is C19H18N4O5S2. The van der Waals surface area contributed by atoms with Gasteiger partial charge in [-0.1, -0.05) is 17.8 Å². The van der Waals surface area contributed by atoms with Gasteiger partial charge in [-0.3, -0.25) is 9.89 Å². The molecule has 0 radical (unpaired) electrons. The molecule has 0 aliphatic rings. The molecule has 11 heteroatoms. The van der Waals surface area contributed by atoms with Crippen LogP contribution in [-0.4, -0.2) is 53.0 Å². The van der Waals surface area contributed by atoms with E-state index in [-0.39, 0.29) is 28.5 Å². The van der Waals surface area contributed by atoms with Gasteiger partial charge in [0.2, 0.25) is 11.1 Å². The number of hydrogen-bond donors (Lipinski definition) is 2. The number of aromatic nitrogens is 3. The lowest BCUT2D eigenvalue weighted by Crippen LogP contribution is -2.16. The van der Waals surface area contributed by atoms with Crippen LogP contribution >= 0.6 is 23.1 Å². The first-order valence-electron chi connectivity index (χ1n) is 8.66. The lowest BCUT2D eigenvalue weighted by molar-refractivity contribution is -0.113. The Labute approximate surface area is 180 Å². The number of methoxy groups -OCH3 is 2. The van der Waals surface area contributed by atoms with Crippen LogP contribution in [0.5, 0.6) is 0 Å². The molecule has 2 aromatic heterocycles. The van der Waals surface area contributed by atoms with E-state index in [1.165, 1.54) is 44.2 Å². The maximum atomic E-state index is 12.3. The molecule has 30 heavy (non-hydrogen) atoms. The van der Waals surface area contributed by atoms with E-state index in [0.717, 1.165) is 4.88 Å². The largest absolute Gasteiger partial charge is 0.465 e. The Hall–Kier alpha value is -3.18. The number of nitrogens with zero attached hydrogens (tertiary/aromatic N) is 2. The number of carbonyl (C=O) groups excluding carboxylic acids is 3. The SMILES string of the molecule is COC(=O)c1cc(NC(=O)CSc2n[nH]c(Cc3cccs3)n2)cc(C(=O)OC)c1. The molecule has 0 atom stereocenters. The zero-order valence-electron chi connectivity index (χ0n) is 16.1. The molecular weight excluding hydrogens is 428 g/mol. The first-order chi connectivity index (χ1) is 14.5. The smallest absolute Gasteiger partial charge is 0.337 e. The topological polar surface area (TPSA) is 123 Å². The van der Waals surface area contributed by atoms with Gasteiger partial charge in [-0.2, -0.15) is 0 Å². The first kappa shape index (κ1) is 21.5. The molecule has 0 saturated carbocycles. The third kappa shape index (κ3) is 5.67. The zero-order valence-corrected chi connectivity index (χ0v) is 17.8. The number of nitrogens with one attached hydrogen (secondary N) is 2. The summed E-state index contributed by atoms with van der Waals surface area (Å²) < 4.78 is 9.37. The average Bonchev–Trinajstić information content (AvgIpc) is 3.43. The van der Waals surface area contributed by atoms with Crippen molar-refractivity contribution in [2.24, 2.45) is 0 Å². The van der Waals surface area contributed by atoms with E-state index >= 15 is 0 Å². The molecule has 3 rings (SSSR count). The lowest BCUT2D eigenvalue weighted by Gasteiger charge is -2.09. The maximum Gasteiger partial charge on any atom is 0.337 e. The second kappa shape index (κ2) is 10.0. The van der Waals surface area contributed by atoms with Crippen molar-refractivity contribution >= 4 is 46.6 Å². The zero-order chi connectivity index (χ0) is 21.5. The Morgan fingerprint density at radius 2 is 1.83 bits per heavy atom. The highest BCUT2D eigenvalue weighted by atomic mass is 32.2. The minimum Gasteiger partial charge on any atom is -0.465 e. The summed E-state index contributed by atoms with van der Waals surface area (Å²) in [6, 6.07) is 8.17. The van der Waals surface area contributed by atoms with Gasteiger partial charge in [0, 0.05) is 17.0 Å². The molecule has 0 bridgehead atoms. The van der Waals surface area contributed by atoms with E-state index in [4.69, 9.17) is 0 Å². The molecule has 1 aromatic carbocycles. The predicted molar refractivity (Wildman–Crippen MR) is 112 cm³/mol. The van der Waals surface area contributed by atoms with Crippen molar-refractivity contribution in [1.29, 1.82) is 0 Å². The molecule has 0 aliphatic heterocycles. The van der Waals surface area contributed by atoms with Crippen molar-refractivity contribution in [2.75, 3.05) is 25.3 Å². The Morgan fingerprint density at radius 1 is 1.13 bits per heavy atom. The minimum absolute atomic E-state index is 0.0479. The third-order valence-corrected chi connectivity index (χ3v) is 5.55. The fourth-order valence-corrected chi connectivity index (χ4v) is 3.82. The second-order valence-electron chi connectivity index (χ2n) is 5.94. The van der Waals surface area contributed by atoms with Crippen LogP contribution in [0.1, 0.15) is 31.4 Å². The minimum atomic E-state index is -0.635. The molecule has 1 amide bonds. The van der Waals surface area contributed by atoms with Gasteiger partial charge in [0.05, 0.1) is 31.1 Å².